The number of halogens is 3. The molecule has 2 rings (SSSR count). The first-order chi connectivity index (χ1) is 8.49. The monoisotopic (exact) mass is 257 g/mol. The summed E-state index contributed by atoms with van der Waals surface area (Å²) in [5, 5.41) is 6.53. The van der Waals surface area contributed by atoms with Gasteiger partial charge in [0.2, 0.25) is 0 Å². The molecule has 2 aromatic rings. The number of benzene rings is 1. The smallest absolute Gasteiger partial charge is 0.405 e. The molecule has 1 heterocycles. The second-order valence-corrected chi connectivity index (χ2v) is 3.53. The second kappa shape index (κ2) is 4.69. The number of nitrogens with one attached hydrogen (secondary N) is 1. The number of rotatable bonds is 3. The van der Waals surface area contributed by atoms with Crippen LogP contribution in [0.5, 0.6) is 5.75 Å². The summed E-state index contributed by atoms with van der Waals surface area (Å²) in [5.74, 6) is -0.292. The highest BCUT2D eigenvalue weighted by Crippen LogP contribution is 2.32. The zero-order valence-electron chi connectivity index (χ0n) is 9.16. The fraction of sp³-hybridized carbons (Fsp3) is 0.182. The first-order valence-electron chi connectivity index (χ1n) is 5.09. The van der Waals surface area contributed by atoms with Crippen molar-refractivity contribution in [2.75, 3.05) is 0 Å². The molecule has 3 N–H and O–H groups in total. The van der Waals surface area contributed by atoms with Crippen molar-refractivity contribution in [3.05, 3.63) is 36.0 Å². The van der Waals surface area contributed by atoms with Crippen LogP contribution in [-0.2, 0) is 6.54 Å². The van der Waals surface area contributed by atoms with Crippen molar-refractivity contribution in [2.45, 2.75) is 12.9 Å². The molecule has 0 aliphatic carbocycles. The number of nitrogens with zero attached hydrogens (tertiary/aromatic N) is 1. The number of hydrogen-bond acceptors (Lipinski definition) is 3. The van der Waals surface area contributed by atoms with Gasteiger partial charge in [-0.05, 0) is 18.2 Å². The van der Waals surface area contributed by atoms with E-state index in [1.807, 2.05) is 0 Å². The summed E-state index contributed by atoms with van der Waals surface area (Å²) < 4.78 is 40.7. The number of hydrogen-bond donors (Lipinski definition) is 2. The third kappa shape index (κ3) is 2.80. The molecule has 0 atom stereocenters. The molecule has 0 fully saturated rings. The maximum absolute atomic E-state index is 12.2. The predicted octanol–water partition coefficient (Wildman–Crippen LogP) is 2.43. The molecule has 0 aliphatic rings. The van der Waals surface area contributed by atoms with Crippen LogP contribution in [0.2, 0.25) is 0 Å². The van der Waals surface area contributed by atoms with Crippen molar-refractivity contribution in [1.82, 2.24) is 10.2 Å². The Morgan fingerprint density at radius 2 is 2.00 bits per heavy atom. The van der Waals surface area contributed by atoms with Crippen LogP contribution >= 0.6 is 0 Å². The lowest BCUT2D eigenvalue weighted by Crippen LogP contribution is -2.17. The first kappa shape index (κ1) is 12.4. The number of aromatic nitrogens is 2. The van der Waals surface area contributed by atoms with Gasteiger partial charge >= 0.3 is 6.36 Å². The lowest BCUT2D eigenvalue weighted by molar-refractivity contribution is -0.274. The summed E-state index contributed by atoms with van der Waals surface area (Å²) >= 11 is 0. The van der Waals surface area contributed by atoms with Crippen molar-refractivity contribution in [2.24, 2.45) is 5.73 Å². The zero-order valence-corrected chi connectivity index (χ0v) is 9.16. The molecule has 7 heteroatoms. The Balaban J connectivity index is 2.38. The number of ether oxygens (including phenoxy) is 1. The average Bonchev–Trinajstić information content (AvgIpc) is 2.76. The van der Waals surface area contributed by atoms with Gasteiger partial charge < -0.3 is 10.5 Å². The van der Waals surface area contributed by atoms with Gasteiger partial charge in [0.05, 0.1) is 5.69 Å². The lowest BCUT2D eigenvalue weighted by Gasteiger charge is -2.11. The van der Waals surface area contributed by atoms with Crippen LogP contribution in [0.15, 0.2) is 30.3 Å². The van der Waals surface area contributed by atoms with E-state index in [-0.39, 0.29) is 17.9 Å². The highest BCUT2D eigenvalue weighted by Gasteiger charge is 2.32. The molecule has 4 nitrogen and oxygen atoms in total. The number of aromatic amines is 1. The van der Waals surface area contributed by atoms with Crippen molar-refractivity contribution < 1.29 is 17.9 Å². The highest BCUT2D eigenvalue weighted by atomic mass is 19.4. The van der Waals surface area contributed by atoms with E-state index in [9.17, 15) is 13.2 Å². The van der Waals surface area contributed by atoms with Crippen LogP contribution in [0.4, 0.5) is 13.2 Å². The van der Waals surface area contributed by atoms with Gasteiger partial charge in [0.1, 0.15) is 5.75 Å². The topological polar surface area (TPSA) is 63.9 Å². The second-order valence-electron chi connectivity index (χ2n) is 3.53. The van der Waals surface area contributed by atoms with E-state index in [0.29, 0.717) is 11.4 Å². The third-order valence-corrected chi connectivity index (χ3v) is 2.24. The van der Waals surface area contributed by atoms with Gasteiger partial charge in [-0.3, -0.25) is 5.10 Å². The standard InChI is InChI=1S/C11H10F3N3O/c12-11(13,14)18-10-4-2-1-3-8(10)9-5-7(6-15)16-17-9/h1-5H,6,15H2,(H,16,17). The molecular formula is C11H10F3N3O. The average molecular weight is 257 g/mol. The van der Waals surface area contributed by atoms with E-state index in [0.717, 1.165) is 0 Å². The van der Waals surface area contributed by atoms with Crippen LogP contribution in [0.1, 0.15) is 5.69 Å². The van der Waals surface area contributed by atoms with Crippen molar-refractivity contribution in [3.8, 4) is 17.0 Å². The SMILES string of the molecule is NCc1cc(-c2ccccc2OC(F)(F)F)n[nH]1. The quantitative estimate of drug-likeness (QED) is 0.887. The summed E-state index contributed by atoms with van der Waals surface area (Å²) in [5.41, 5.74) is 6.64. The van der Waals surface area contributed by atoms with Gasteiger partial charge in [0.15, 0.2) is 0 Å². The molecular weight excluding hydrogens is 247 g/mol. The minimum Gasteiger partial charge on any atom is -0.405 e. The minimum absolute atomic E-state index is 0.231. The summed E-state index contributed by atoms with van der Waals surface area (Å²) in [4.78, 5) is 0. The normalized spacial score (nSPS) is 11.6. The van der Waals surface area contributed by atoms with Crippen LogP contribution in [0.3, 0.4) is 0 Å². The molecule has 0 saturated carbocycles. The van der Waals surface area contributed by atoms with Gasteiger partial charge in [-0.25, -0.2) is 0 Å². The Morgan fingerprint density at radius 1 is 1.28 bits per heavy atom. The van der Waals surface area contributed by atoms with Crippen LogP contribution in [0, 0.1) is 0 Å². The van der Waals surface area contributed by atoms with Crippen molar-refractivity contribution in [1.29, 1.82) is 0 Å². The van der Waals surface area contributed by atoms with E-state index in [2.05, 4.69) is 14.9 Å². The number of alkyl halides is 3. The molecule has 0 amide bonds. The van der Waals surface area contributed by atoms with E-state index < -0.39 is 6.36 Å². The Hall–Kier alpha value is -2.02. The molecule has 0 spiro atoms. The largest absolute Gasteiger partial charge is 0.573 e. The van der Waals surface area contributed by atoms with E-state index in [4.69, 9.17) is 5.73 Å². The van der Waals surface area contributed by atoms with Gasteiger partial charge in [0, 0.05) is 17.8 Å². The van der Waals surface area contributed by atoms with Crippen molar-refractivity contribution >= 4 is 0 Å². The molecule has 96 valence electrons. The zero-order chi connectivity index (χ0) is 13.2. The van der Waals surface area contributed by atoms with Crippen LogP contribution < -0.4 is 10.5 Å². The molecule has 1 aromatic carbocycles. The predicted molar refractivity (Wildman–Crippen MR) is 58.6 cm³/mol. The Morgan fingerprint density at radius 3 is 2.61 bits per heavy atom. The summed E-state index contributed by atoms with van der Waals surface area (Å²) in [6, 6.07) is 7.38. The van der Waals surface area contributed by atoms with Gasteiger partial charge in [0.25, 0.3) is 0 Å². The molecule has 0 aliphatic heterocycles. The number of para-hydroxylation sites is 1. The van der Waals surface area contributed by atoms with Gasteiger partial charge in [-0.1, -0.05) is 12.1 Å². The number of nitrogens with two attached hydrogens (primary N) is 1. The van der Waals surface area contributed by atoms with Crippen LogP contribution in [0.25, 0.3) is 11.3 Å². The molecule has 0 unspecified atom stereocenters. The molecule has 0 bridgehead atoms. The summed E-state index contributed by atoms with van der Waals surface area (Å²) in [6.45, 7) is 0.231. The third-order valence-electron chi connectivity index (χ3n) is 2.24. The van der Waals surface area contributed by atoms with E-state index in [1.165, 1.54) is 18.2 Å². The Kier molecular flexibility index (Phi) is 3.24. The van der Waals surface area contributed by atoms with E-state index in [1.54, 1.807) is 12.1 Å². The van der Waals surface area contributed by atoms with Crippen molar-refractivity contribution in [3.63, 3.8) is 0 Å². The fourth-order valence-electron chi connectivity index (χ4n) is 1.50. The van der Waals surface area contributed by atoms with Gasteiger partial charge in [-0.15, -0.1) is 13.2 Å². The maximum Gasteiger partial charge on any atom is 0.573 e. The highest BCUT2D eigenvalue weighted by molar-refractivity contribution is 5.67. The van der Waals surface area contributed by atoms with E-state index >= 15 is 0 Å². The molecule has 1 aromatic heterocycles. The molecule has 18 heavy (non-hydrogen) atoms. The molecule has 0 saturated heterocycles. The Bertz CT molecular complexity index is 536. The first-order valence-corrected chi connectivity index (χ1v) is 5.09. The fourth-order valence-corrected chi connectivity index (χ4v) is 1.50. The summed E-state index contributed by atoms with van der Waals surface area (Å²) in [7, 11) is 0. The van der Waals surface area contributed by atoms with Gasteiger partial charge in [-0.2, -0.15) is 5.10 Å². The maximum atomic E-state index is 12.2. The lowest BCUT2D eigenvalue weighted by atomic mass is 10.1. The minimum atomic E-state index is -4.73. The summed E-state index contributed by atoms with van der Waals surface area (Å²) in [6.07, 6.45) is -4.73. The number of H-pyrrole nitrogens is 1. The molecule has 0 radical (unpaired) electrons. The Labute approximate surface area is 101 Å². The van der Waals surface area contributed by atoms with Crippen LogP contribution in [-0.4, -0.2) is 16.6 Å².